The third-order valence-electron chi connectivity index (χ3n) is 5.16. The third-order valence-corrected chi connectivity index (χ3v) is 6.18. The molecule has 1 aliphatic heterocycles. The number of ketones is 1. The molecule has 2 aromatic carbocycles. The number of Topliss-reactive ketones (excluding diaryl/α,β-unsaturated/α-hetero) is 1. The summed E-state index contributed by atoms with van der Waals surface area (Å²) in [6.45, 7) is 6.01. The first-order valence-corrected chi connectivity index (χ1v) is 11.3. The molecular formula is C23H26N4O2S. The Balaban J connectivity index is 1.42. The lowest BCUT2D eigenvalue weighted by atomic mass is 10.1. The Hall–Kier alpha value is -2.64. The van der Waals surface area contributed by atoms with Gasteiger partial charge in [-0.05, 0) is 18.6 Å². The Morgan fingerprint density at radius 3 is 2.53 bits per heavy atom. The first-order chi connectivity index (χ1) is 14.8. The van der Waals surface area contributed by atoms with E-state index in [9.17, 15) is 4.79 Å². The van der Waals surface area contributed by atoms with Gasteiger partial charge >= 0.3 is 0 Å². The van der Waals surface area contributed by atoms with Gasteiger partial charge in [0.1, 0.15) is 5.78 Å². The number of benzene rings is 2. The first-order valence-electron chi connectivity index (χ1n) is 10.3. The predicted octanol–water partition coefficient (Wildman–Crippen LogP) is 3.71. The normalized spacial score (nSPS) is 14.1. The Morgan fingerprint density at radius 1 is 1.03 bits per heavy atom. The van der Waals surface area contributed by atoms with Crippen LogP contribution >= 0.6 is 11.8 Å². The highest BCUT2D eigenvalue weighted by molar-refractivity contribution is 7.99. The van der Waals surface area contributed by atoms with Crippen LogP contribution in [0.2, 0.25) is 0 Å². The molecule has 0 spiro atoms. The summed E-state index contributed by atoms with van der Waals surface area (Å²) in [7, 11) is 0. The van der Waals surface area contributed by atoms with Gasteiger partial charge in [-0.1, -0.05) is 60.3 Å². The number of hydrogen-bond donors (Lipinski definition) is 0. The summed E-state index contributed by atoms with van der Waals surface area (Å²) >= 11 is 1.46. The smallest absolute Gasteiger partial charge is 0.191 e. The fourth-order valence-electron chi connectivity index (χ4n) is 3.66. The largest absolute Gasteiger partial charge is 0.378 e. The van der Waals surface area contributed by atoms with Gasteiger partial charge in [-0.15, -0.1) is 10.2 Å². The van der Waals surface area contributed by atoms with Crippen molar-refractivity contribution in [2.24, 2.45) is 0 Å². The van der Waals surface area contributed by atoms with Crippen LogP contribution in [-0.2, 0) is 22.5 Å². The van der Waals surface area contributed by atoms with Crippen LogP contribution in [0.25, 0.3) is 11.4 Å². The van der Waals surface area contributed by atoms with Crippen molar-refractivity contribution in [3.05, 3.63) is 60.2 Å². The predicted molar refractivity (Wildman–Crippen MR) is 120 cm³/mol. The number of nitrogens with zero attached hydrogens (tertiary/aromatic N) is 4. The van der Waals surface area contributed by atoms with Crippen LogP contribution < -0.4 is 4.90 Å². The van der Waals surface area contributed by atoms with Crippen LogP contribution in [0, 0.1) is 0 Å². The van der Waals surface area contributed by atoms with E-state index in [1.54, 1.807) is 0 Å². The number of ether oxygens (including phenoxy) is 1. The van der Waals surface area contributed by atoms with E-state index < -0.39 is 0 Å². The van der Waals surface area contributed by atoms with Crippen LogP contribution in [0.3, 0.4) is 0 Å². The molecule has 6 nitrogen and oxygen atoms in total. The van der Waals surface area contributed by atoms with Crippen molar-refractivity contribution in [2.75, 3.05) is 37.0 Å². The Labute approximate surface area is 181 Å². The van der Waals surface area contributed by atoms with Crippen molar-refractivity contribution in [1.82, 2.24) is 14.8 Å². The van der Waals surface area contributed by atoms with Crippen LogP contribution in [0.1, 0.15) is 12.5 Å². The number of carbonyl (C=O) groups excluding carboxylic acids is 1. The van der Waals surface area contributed by atoms with Crippen molar-refractivity contribution in [3.63, 3.8) is 0 Å². The molecule has 0 radical (unpaired) electrons. The summed E-state index contributed by atoms with van der Waals surface area (Å²) in [5.74, 6) is 1.41. The average molecular weight is 423 g/mol. The van der Waals surface area contributed by atoms with Gasteiger partial charge in [-0.3, -0.25) is 4.79 Å². The van der Waals surface area contributed by atoms with Gasteiger partial charge in [0.15, 0.2) is 11.0 Å². The fourth-order valence-corrected chi connectivity index (χ4v) is 4.52. The molecule has 0 amide bonds. The van der Waals surface area contributed by atoms with Gasteiger partial charge in [0.2, 0.25) is 0 Å². The SMILES string of the molecule is CCn1c(SCC(=O)Cc2ccccc2N2CCOCC2)nnc1-c1ccccc1. The van der Waals surface area contributed by atoms with Crippen molar-refractivity contribution in [1.29, 1.82) is 0 Å². The monoisotopic (exact) mass is 422 g/mol. The van der Waals surface area contributed by atoms with Crippen LogP contribution in [0.15, 0.2) is 59.8 Å². The van der Waals surface area contributed by atoms with Gasteiger partial charge in [-0.2, -0.15) is 0 Å². The highest BCUT2D eigenvalue weighted by atomic mass is 32.2. The molecule has 0 N–H and O–H groups in total. The molecule has 4 rings (SSSR count). The number of hydrogen-bond acceptors (Lipinski definition) is 6. The summed E-state index contributed by atoms with van der Waals surface area (Å²) in [5, 5.41) is 9.48. The zero-order valence-electron chi connectivity index (χ0n) is 17.2. The summed E-state index contributed by atoms with van der Waals surface area (Å²) in [5.41, 5.74) is 3.25. The molecule has 3 aromatic rings. The minimum absolute atomic E-state index is 0.188. The quantitative estimate of drug-likeness (QED) is 0.516. The lowest BCUT2D eigenvalue weighted by Gasteiger charge is -2.30. The van der Waals surface area contributed by atoms with Crippen molar-refractivity contribution in [3.8, 4) is 11.4 Å². The van der Waals surface area contributed by atoms with E-state index in [-0.39, 0.29) is 5.78 Å². The summed E-state index contributed by atoms with van der Waals surface area (Å²) in [6.07, 6.45) is 0.423. The van der Waals surface area contributed by atoms with Crippen LogP contribution in [0.4, 0.5) is 5.69 Å². The number of rotatable bonds is 8. The maximum Gasteiger partial charge on any atom is 0.191 e. The lowest BCUT2D eigenvalue weighted by molar-refractivity contribution is -0.116. The minimum Gasteiger partial charge on any atom is -0.378 e. The minimum atomic E-state index is 0.188. The van der Waals surface area contributed by atoms with Crippen molar-refractivity contribution >= 4 is 23.2 Å². The summed E-state index contributed by atoms with van der Waals surface area (Å²) in [6, 6.07) is 18.2. The van der Waals surface area contributed by atoms with Gasteiger partial charge in [0, 0.05) is 37.3 Å². The molecule has 0 saturated carbocycles. The first kappa shape index (κ1) is 20.6. The number of carbonyl (C=O) groups is 1. The molecule has 1 fully saturated rings. The van der Waals surface area contributed by atoms with Crippen LogP contribution in [0.5, 0.6) is 0 Å². The number of aromatic nitrogens is 3. The van der Waals surface area contributed by atoms with E-state index >= 15 is 0 Å². The van der Waals surface area contributed by atoms with E-state index in [0.29, 0.717) is 12.2 Å². The molecule has 0 unspecified atom stereocenters. The average Bonchev–Trinajstić information content (AvgIpc) is 3.22. The van der Waals surface area contributed by atoms with Gasteiger partial charge in [0.05, 0.1) is 19.0 Å². The Kier molecular flexibility index (Phi) is 6.81. The molecule has 1 saturated heterocycles. The molecule has 7 heteroatoms. The number of anilines is 1. The number of thioether (sulfide) groups is 1. The molecule has 2 heterocycles. The van der Waals surface area contributed by atoms with Crippen molar-refractivity contribution in [2.45, 2.75) is 25.0 Å². The third kappa shape index (κ3) is 4.74. The molecule has 1 aromatic heterocycles. The molecule has 30 heavy (non-hydrogen) atoms. The summed E-state index contributed by atoms with van der Waals surface area (Å²) < 4.78 is 7.52. The maximum atomic E-state index is 12.8. The second kappa shape index (κ2) is 9.91. The topological polar surface area (TPSA) is 60.2 Å². The maximum absolute atomic E-state index is 12.8. The molecule has 0 bridgehead atoms. The van der Waals surface area contributed by atoms with Gasteiger partial charge in [-0.25, -0.2) is 0 Å². The fraction of sp³-hybridized carbons (Fsp3) is 0.348. The number of para-hydroxylation sites is 1. The van der Waals surface area contributed by atoms with E-state index in [0.717, 1.165) is 60.6 Å². The Morgan fingerprint density at radius 2 is 1.77 bits per heavy atom. The Bertz CT molecular complexity index is 984. The van der Waals surface area contributed by atoms with E-state index in [1.165, 1.54) is 11.8 Å². The molecule has 0 aliphatic carbocycles. The van der Waals surface area contributed by atoms with Gasteiger partial charge < -0.3 is 14.2 Å². The lowest BCUT2D eigenvalue weighted by Crippen LogP contribution is -2.36. The molecule has 156 valence electrons. The van der Waals surface area contributed by atoms with E-state index in [2.05, 4.69) is 38.7 Å². The molecule has 0 atom stereocenters. The van der Waals surface area contributed by atoms with Gasteiger partial charge in [0.25, 0.3) is 0 Å². The molecule has 1 aliphatic rings. The van der Waals surface area contributed by atoms with Crippen molar-refractivity contribution < 1.29 is 9.53 Å². The second-order valence-electron chi connectivity index (χ2n) is 7.15. The highest BCUT2D eigenvalue weighted by Gasteiger charge is 2.18. The van der Waals surface area contributed by atoms with Crippen LogP contribution in [-0.4, -0.2) is 52.6 Å². The standard InChI is InChI=1S/C23H26N4O2S/c1-2-27-22(18-8-4-3-5-9-18)24-25-23(27)30-17-20(28)16-19-10-6-7-11-21(19)26-12-14-29-15-13-26/h3-11H,2,12-17H2,1H3. The number of morpholine rings is 1. The summed E-state index contributed by atoms with van der Waals surface area (Å²) in [4.78, 5) is 15.1. The highest BCUT2D eigenvalue weighted by Crippen LogP contribution is 2.26. The zero-order valence-corrected chi connectivity index (χ0v) is 18.0. The van der Waals surface area contributed by atoms with E-state index in [1.807, 2.05) is 42.5 Å². The van der Waals surface area contributed by atoms with E-state index in [4.69, 9.17) is 4.74 Å². The zero-order chi connectivity index (χ0) is 20.8. The molecular weight excluding hydrogens is 396 g/mol. The second-order valence-corrected chi connectivity index (χ2v) is 8.09.